The Morgan fingerprint density at radius 2 is 2.10 bits per heavy atom. The second-order valence-electron chi connectivity index (χ2n) is 4.47. The fourth-order valence-electron chi connectivity index (χ4n) is 1.99. The van der Waals surface area contributed by atoms with Gasteiger partial charge in [-0.2, -0.15) is 0 Å². The van der Waals surface area contributed by atoms with E-state index in [1.165, 1.54) is 17.4 Å². The van der Waals surface area contributed by atoms with Crippen LogP contribution < -0.4 is 5.32 Å². The molecule has 6 heteroatoms. The standard InChI is InChI=1S/C15H14BrNO3S/c1-3-9-7-12(21-8(9)2)14(18)17-13-10(15(19)20)5-4-6-11(13)16/h4-7H,3H2,1-2H3,(H,17,18)(H,19,20). The van der Waals surface area contributed by atoms with E-state index in [4.69, 9.17) is 0 Å². The first kappa shape index (κ1) is 15.7. The maximum Gasteiger partial charge on any atom is 0.337 e. The molecular formula is C15H14BrNO3S. The lowest BCUT2D eigenvalue weighted by Gasteiger charge is -2.09. The zero-order valence-electron chi connectivity index (χ0n) is 11.6. The van der Waals surface area contributed by atoms with Crippen LogP contribution in [-0.4, -0.2) is 17.0 Å². The molecule has 1 heterocycles. The molecule has 1 amide bonds. The third-order valence-corrected chi connectivity index (χ3v) is 4.86. The molecule has 0 unspecified atom stereocenters. The predicted octanol–water partition coefficient (Wildman–Crippen LogP) is 4.33. The monoisotopic (exact) mass is 367 g/mol. The van der Waals surface area contributed by atoms with Crippen molar-refractivity contribution in [3.05, 3.63) is 49.6 Å². The normalized spacial score (nSPS) is 10.4. The molecule has 21 heavy (non-hydrogen) atoms. The molecule has 0 spiro atoms. The molecule has 2 aromatic rings. The summed E-state index contributed by atoms with van der Waals surface area (Å²) in [5.74, 6) is -1.37. The lowest BCUT2D eigenvalue weighted by molar-refractivity contribution is 0.0698. The van der Waals surface area contributed by atoms with Crippen LogP contribution in [0.15, 0.2) is 28.7 Å². The molecule has 0 fully saturated rings. The Labute approximate surface area is 134 Å². The van der Waals surface area contributed by atoms with E-state index in [1.54, 1.807) is 12.1 Å². The first-order chi connectivity index (χ1) is 9.93. The first-order valence-electron chi connectivity index (χ1n) is 6.36. The van der Waals surface area contributed by atoms with Crippen LogP contribution in [0.5, 0.6) is 0 Å². The van der Waals surface area contributed by atoms with E-state index in [0.29, 0.717) is 9.35 Å². The number of carbonyl (C=O) groups is 2. The van der Waals surface area contributed by atoms with Gasteiger partial charge in [-0.15, -0.1) is 11.3 Å². The molecule has 4 nitrogen and oxygen atoms in total. The minimum Gasteiger partial charge on any atom is -0.478 e. The fourth-order valence-corrected chi connectivity index (χ4v) is 3.46. The van der Waals surface area contributed by atoms with Gasteiger partial charge < -0.3 is 10.4 Å². The number of thiophene rings is 1. The van der Waals surface area contributed by atoms with Crippen LogP contribution in [-0.2, 0) is 6.42 Å². The minimum absolute atomic E-state index is 0.0571. The first-order valence-corrected chi connectivity index (χ1v) is 7.97. The Bertz CT molecular complexity index is 709. The summed E-state index contributed by atoms with van der Waals surface area (Å²) in [6.07, 6.45) is 0.866. The molecule has 110 valence electrons. The summed E-state index contributed by atoms with van der Waals surface area (Å²) in [5, 5.41) is 11.9. The van der Waals surface area contributed by atoms with E-state index >= 15 is 0 Å². The quantitative estimate of drug-likeness (QED) is 0.844. The van der Waals surface area contributed by atoms with E-state index in [2.05, 4.69) is 21.2 Å². The number of rotatable bonds is 4. The molecule has 0 radical (unpaired) electrons. The molecule has 0 saturated heterocycles. The minimum atomic E-state index is -1.08. The van der Waals surface area contributed by atoms with Crippen molar-refractivity contribution in [2.75, 3.05) is 5.32 Å². The molecule has 0 atom stereocenters. The second-order valence-corrected chi connectivity index (χ2v) is 6.58. The Balaban J connectivity index is 2.33. The van der Waals surface area contributed by atoms with Crippen molar-refractivity contribution >= 4 is 44.8 Å². The third-order valence-electron chi connectivity index (χ3n) is 3.11. The summed E-state index contributed by atoms with van der Waals surface area (Å²) >= 11 is 4.69. The number of carbonyl (C=O) groups excluding carboxylic acids is 1. The van der Waals surface area contributed by atoms with Crippen LogP contribution in [0.4, 0.5) is 5.69 Å². The van der Waals surface area contributed by atoms with Crippen molar-refractivity contribution < 1.29 is 14.7 Å². The molecule has 2 rings (SSSR count). The number of para-hydroxylation sites is 1. The molecule has 0 aliphatic carbocycles. The van der Waals surface area contributed by atoms with Gasteiger partial charge in [-0.1, -0.05) is 13.0 Å². The highest BCUT2D eigenvalue weighted by Crippen LogP contribution is 2.29. The van der Waals surface area contributed by atoms with Crippen LogP contribution in [0.3, 0.4) is 0 Å². The van der Waals surface area contributed by atoms with Gasteiger partial charge in [0.05, 0.1) is 16.1 Å². The number of aromatic carboxylic acids is 1. The van der Waals surface area contributed by atoms with Crippen molar-refractivity contribution in [2.24, 2.45) is 0 Å². The van der Waals surface area contributed by atoms with E-state index < -0.39 is 5.97 Å². The molecule has 1 aromatic heterocycles. The van der Waals surface area contributed by atoms with Gasteiger partial charge in [-0.05, 0) is 53.0 Å². The molecule has 2 N–H and O–H groups in total. The lowest BCUT2D eigenvalue weighted by Crippen LogP contribution is -2.14. The van der Waals surface area contributed by atoms with Gasteiger partial charge in [0.25, 0.3) is 5.91 Å². The van der Waals surface area contributed by atoms with Crippen molar-refractivity contribution in [3.63, 3.8) is 0 Å². The highest BCUT2D eigenvalue weighted by atomic mass is 79.9. The number of amides is 1. The fraction of sp³-hybridized carbons (Fsp3) is 0.200. The Morgan fingerprint density at radius 3 is 2.67 bits per heavy atom. The predicted molar refractivity (Wildman–Crippen MR) is 87.5 cm³/mol. The van der Waals surface area contributed by atoms with E-state index in [1.807, 2.05) is 19.9 Å². The van der Waals surface area contributed by atoms with Gasteiger partial charge >= 0.3 is 5.97 Å². The maximum atomic E-state index is 12.3. The van der Waals surface area contributed by atoms with Crippen LogP contribution in [0.1, 0.15) is 37.4 Å². The topological polar surface area (TPSA) is 66.4 Å². The number of benzene rings is 1. The number of anilines is 1. The summed E-state index contributed by atoms with van der Waals surface area (Å²) < 4.78 is 0.541. The van der Waals surface area contributed by atoms with Gasteiger partial charge in [0.1, 0.15) is 0 Å². The van der Waals surface area contributed by atoms with Crippen LogP contribution >= 0.6 is 27.3 Å². The van der Waals surface area contributed by atoms with Crippen molar-refractivity contribution in [3.8, 4) is 0 Å². The van der Waals surface area contributed by atoms with Crippen LogP contribution in [0, 0.1) is 6.92 Å². The summed E-state index contributed by atoms with van der Waals surface area (Å²) in [7, 11) is 0. The third kappa shape index (κ3) is 3.33. The molecular weight excluding hydrogens is 354 g/mol. The number of aryl methyl sites for hydroxylation is 2. The van der Waals surface area contributed by atoms with Crippen LogP contribution in [0.25, 0.3) is 0 Å². The zero-order valence-corrected chi connectivity index (χ0v) is 14.0. The molecule has 0 aliphatic heterocycles. The van der Waals surface area contributed by atoms with Crippen LogP contribution in [0.2, 0.25) is 0 Å². The largest absolute Gasteiger partial charge is 0.478 e. The van der Waals surface area contributed by atoms with Gasteiger partial charge in [0.2, 0.25) is 0 Å². The lowest BCUT2D eigenvalue weighted by atomic mass is 10.1. The number of halogens is 1. The maximum absolute atomic E-state index is 12.3. The highest BCUT2D eigenvalue weighted by Gasteiger charge is 2.18. The summed E-state index contributed by atoms with van der Waals surface area (Å²) in [5.41, 5.74) is 1.47. The average Bonchev–Trinajstić information content (AvgIpc) is 2.82. The molecule has 0 aliphatic rings. The van der Waals surface area contributed by atoms with E-state index in [9.17, 15) is 14.7 Å². The second kappa shape index (κ2) is 6.41. The van der Waals surface area contributed by atoms with Gasteiger partial charge in [0.15, 0.2) is 0 Å². The molecule has 0 bridgehead atoms. The SMILES string of the molecule is CCc1cc(C(=O)Nc2c(Br)cccc2C(=O)O)sc1C. The number of carboxylic acids is 1. The number of hydrogen-bond acceptors (Lipinski definition) is 3. The van der Waals surface area contributed by atoms with Crippen molar-refractivity contribution in [2.45, 2.75) is 20.3 Å². The molecule has 0 saturated carbocycles. The Kier molecular flexibility index (Phi) is 4.80. The van der Waals surface area contributed by atoms with E-state index in [-0.39, 0.29) is 17.2 Å². The summed E-state index contributed by atoms with van der Waals surface area (Å²) in [4.78, 5) is 25.2. The zero-order chi connectivity index (χ0) is 15.6. The van der Waals surface area contributed by atoms with Crippen molar-refractivity contribution in [1.82, 2.24) is 0 Å². The Hall–Kier alpha value is -1.66. The average molecular weight is 368 g/mol. The van der Waals surface area contributed by atoms with E-state index in [0.717, 1.165) is 16.9 Å². The molecule has 1 aromatic carbocycles. The Morgan fingerprint density at radius 1 is 1.38 bits per heavy atom. The van der Waals surface area contributed by atoms with Crippen molar-refractivity contribution in [1.29, 1.82) is 0 Å². The van der Waals surface area contributed by atoms with Gasteiger partial charge in [0, 0.05) is 9.35 Å². The van der Waals surface area contributed by atoms with Gasteiger partial charge in [-0.25, -0.2) is 4.79 Å². The van der Waals surface area contributed by atoms with Gasteiger partial charge in [-0.3, -0.25) is 4.79 Å². The summed E-state index contributed by atoms with van der Waals surface area (Å²) in [6, 6.07) is 6.62. The highest BCUT2D eigenvalue weighted by molar-refractivity contribution is 9.10. The smallest absolute Gasteiger partial charge is 0.337 e. The number of carboxylic acid groups (broad SMARTS) is 1. The summed E-state index contributed by atoms with van der Waals surface area (Å²) in [6.45, 7) is 4.01. The number of hydrogen-bond donors (Lipinski definition) is 2. The number of nitrogens with one attached hydrogen (secondary N) is 1.